The minimum absolute atomic E-state index is 0.235. The first-order chi connectivity index (χ1) is 13.6. The number of halogens is 2. The summed E-state index contributed by atoms with van der Waals surface area (Å²) in [4.78, 5) is 27.7. The maximum atomic E-state index is 12.1. The monoisotopic (exact) mass is 445 g/mol. The van der Waals surface area contributed by atoms with Crippen LogP contribution in [-0.4, -0.2) is 56.8 Å². The van der Waals surface area contributed by atoms with E-state index in [9.17, 15) is 9.59 Å². The Hall–Kier alpha value is -2.19. The van der Waals surface area contributed by atoms with Crippen LogP contribution in [0.4, 0.5) is 4.79 Å². The number of carbonyl (C=O) groups excluding carboxylic acids is 2. The van der Waals surface area contributed by atoms with Crippen molar-refractivity contribution in [3.05, 3.63) is 33.8 Å². The molecule has 162 valence electrons. The van der Waals surface area contributed by atoms with Crippen molar-refractivity contribution in [3.63, 3.8) is 0 Å². The number of nitrogens with zero attached hydrogens (tertiary/aromatic N) is 1. The van der Waals surface area contributed by atoms with Gasteiger partial charge in [-0.05, 0) is 45.4 Å². The summed E-state index contributed by atoms with van der Waals surface area (Å²) in [6, 6.07) is 4.72. The third kappa shape index (κ3) is 10.8. The van der Waals surface area contributed by atoms with Crippen LogP contribution in [0.3, 0.4) is 0 Å². The Balaban J connectivity index is 2.19. The van der Waals surface area contributed by atoms with Crippen molar-refractivity contribution < 1.29 is 14.3 Å². The topological polar surface area (TPSA) is 104 Å². The van der Waals surface area contributed by atoms with Crippen LogP contribution in [0.5, 0.6) is 0 Å². The van der Waals surface area contributed by atoms with Crippen molar-refractivity contribution in [1.29, 1.82) is 0 Å². The fourth-order valence-corrected chi connectivity index (χ4v) is 2.41. The molecule has 10 heteroatoms. The van der Waals surface area contributed by atoms with E-state index in [1.807, 2.05) is 20.8 Å². The number of hydrogen-bond donors (Lipinski definition) is 4. The Labute approximate surface area is 181 Å². The summed E-state index contributed by atoms with van der Waals surface area (Å²) >= 11 is 11.8. The van der Waals surface area contributed by atoms with Gasteiger partial charge in [0.1, 0.15) is 5.60 Å². The molecule has 0 aromatic heterocycles. The lowest BCUT2D eigenvalue weighted by atomic mass is 10.2. The molecule has 0 aliphatic rings. The van der Waals surface area contributed by atoms with E-state index in [-0.39, 0.29) is 5.91 Å². The zero-order chi connectivity index (χ0) is 21.9. The van der Waals surface area contributed by atoms with E-state index >= 15 is 0 Å². The standard InChI is InChI=1S/C19H29Cl2N5O3/c1-19(2,3)29-18(28)26-9-5-8-24-17(22-4)25-11-10-23-16(27)13-6-7-14(20)15(21)12-13/h6-7,12H,5,8-11H2,1-4H3,(H,23,27)(H,26,28)(H2,22,24,25). The number of hydrogen-bond acceptors (Lipinski definition) is 4. The highest BCUT2D eigenvalue weighted by molar-refractivity contribution is 6.42. The molecule has 0 unspecified atom stereocenters. The van der Waals surface area contributed by atoms with E-state index < -0.39 is 11.7 Å². The number of ether oxygens (including phenoxy) is 1. The van der Waals surface area contributed by atoms with E-state index in [1.54, 1.807) is 19.2 Å². The van der Waals surface area contributed by atoms with Crippen LogP contribution >= 0.6 is 23.2 Å². The van der Waals surface area contributed by atoms with Gasteiger partial charge in [0.2, 0.25) is 0 Å². The lowest BCUT2D eigenvalue weighted by Crippen LogP contribution is -2.42. The Morgan fingerprint density at radius 1 is 0.966 bits per heavy atom. The van der Waals surface area contributed by atoms with Gasteiger partial charge in [-0.3, -0.25) is 9.79 Å². The van der Waals surface area contributed by atoms with Crippen LogP contribution in [0.15, 0.2) is 23.2 Å². The summed E-state index contributed by atoms with van der Waals surface area (Å²) in [5.74, 6) is 0.368. The fourth-order valence-electron chi connectivity index (χ4n) is 2.12. The quantitative estimate of drug-likeness (QED) is 0.279. The number of rotatable bonds is 8. The highest BCUT2D eigenvalue weighted by atomic mass is 35.5. The molecule has 29 heavy (non-hydrogen) atoms. The molecule has 0 radical (unpaired) electrons. The van der Waals surface area contributed by atoms with Crippen molar-refractivity contribution in [1.82, 2.24) is 21.3 Å². The first kappa shape index (κ1) is 24.8. The molecule has 4 N–H and O–H groups in total. The van der Waals surface area contributed by atoms with Crippen LogP contribution in [0.1, 0.15) is 37.6 Å². The Morgan fingerprint density at radius 2 is 1.59 bits per heavy atom. The lowest BCUT2D eigenvalue weighted by molar-refractivity contribution is 0.0527. The Morgan fingerprint density at radius 3 is 2.21 bits per heavy atom. The molecule has 0 heterocycles. The lowest BCUT2D eigenvalue weighted by Gasteiger charge is -2.19. The maximum absolute atomic E-state index is 12.1. The van der Waals surface area contributed by atoms with Gasteiger partial charge in [-0.25, -0.2) is 4.79 Å². The van der Waals surface area contributed by atoms with E-state index in [0.717, 1.165) is 0 Å². The summed E-state index contributed by atoms with van der Waals surface area (Å²) in [6.45, 7) is 7.44. The molecule has 2 amide bonds. The van der Waals surface area contributed by atoms with Crippen LogP contribution in [0, 0.1) is 0 Å². The summed E-state index contributed by atoms with van der Waals surface area (Å²) in [6.07, 6.45) is 0.270. The van der Waals surface area contributed by atoms with E-state index in [4.69, 9.17) is 27.9 Å². The second-order valence-corrected chi connectivity index (χ2v) is 7.91. The van der Waals surface area contributed by atoms with Gasteiger partial charge in [-0.2, -0.15) is 0 Å². The zero-order valence-electron chi connectivity index (χ0n) is 17.2. The van der Waals surface area contributed by atoms with Gasteiger partial charge in [0.15, 0.2) is 5.96 Å². The Kier molecular flexibility index (Phi) is 10.6. The molecule has 0 fully saturated rings. The van der Waals surface area contributed by atoms with Crippen molar-refractivity contribution in [2.45, 2.75) is 32.8 Å². The number of carbonyl (C=O) groups is 2. The van der Waals surface area contributed by atoms with Gasteiger partial charge in [-0.1, -0.05) is 23.2 Å². The van der Waals surface area contributed by atoms with Gasteiger partial charge >= 0.3 is 6.09 Å². The minimum atomic E-state index is -0.510. The second kappa shape index (κ2) is 12.4. The first-order valence-corrected chi connectivity index (χ1v) is 10.0. The number of benzene rings is 1. The van der Waals surface area contributed by atoms with Crippen LogP contribution < -0.4 is 21.3 Å². The highest BCUT2D eigenvalue weighted by Gasteiger charge is 2.15. The number of amides is 2. The molecule has 0 spiro atoms. The summed E-state index contributed by atoms with van der Waals surface area (Å²) in [7, 11) is 1.66. The molecule has 1 rings (SSSR count). The Bertz CT molecular complexity index is 720. The average Bonchev–Trinajstić information content (AvgIpc) is 2.63. The SMILES string of the molecule is CN=C(NCCCNC(=O)OC(C)(C)C)NCCNC(=O)c1ccc(Cl)c(Cl)c1. The zero-order valence-corrected chi connectivity index (χ0v) is 18.7. The summed E-state index contributed by atoms with van der Waals surface area (Å²) < 4.78 is 5.16. The molecule has 0 aliphatic heterocycles. The van der Waals surface area contributed by atoms with Gasteiger partial charge < -0.3 is 26.0 Å². The number of aliphatic imine (C=N–C) groups is 1. The minimum Gasteiger partial charge on any atom is -0.444 e. The van der Waals surface area contributed by atoms with Gasteiger partial charge in [0, 0.05) is 38.8 Å². The summed E-state index contributed by atoms with van der Waals surface area (Å²) in [5, 5.41) is 12.4. The maximum Gasteiger partial charge on any atom is 0.407 e. The molecular weight excluding hydrogens is 417 g/mol. The van der Waals surface area contributed by atoms with Crippen molar-refractivity contribution in [2.75, 3.05) is 33.2 Å². The van der Waals surface area contributed by atoms with Crippen molar-refractivity contribution >= 4 is 41.2 Å². The first-order valence-electron chi connectivity index (χ1n) is 9.27. The predicted molar refractivity (Wildman–Crippen MR) is 117 cm³/mol. The number of alkyl carbamates (subject to hydrolysis) is 1. The molecule has 1 aromatic carbocycles. The average molecular weight is 446 g/mol. The predicted octanol–water partition coefficient (Wildman–Crippen LogP) is 2.80. The van der Waals surface area contributed by atoms with Crippen molar-refractivity contribution in [2.24, 2.45) is 4.99 Å². The molecule has 0 aliphatic carbocycles. The smallest absolute Gasteiger partial charge is 0.407 e. The van der Waals surface area contributed by atoms with Crippen LogP contribution in [0.2, 0.25) is 10.0 Å². The molecular formula is C19H29Cl2N5O3. The van der Waals surface area contributed by atoms with Crippen molar-refractivity contribution in [3.8, 4) is 0 Å². The molecule has 0 saturated heterocycles. The van der Waals surface area contributed by atoms with E-state index in [1.165, 1.54) is 6.07 Å². The van der Waals surface area contributed by atoms with Crippen LogP contribution in [0.25, 0.3) is 0 Å². The van der Waals surface area contributed by atoms with Gasteiger partial charge in [0.25, 0.3) is 5.91 Å². The van der Waals surface area contributed by atoms with E-state index in [0.29, 0.717) is 54.2 Å². The molecule has 0 saturated carbocycles. The third-order valence-corrected chi connectivity index (χ3v) is 4.16. The molecule has 0 bridgehead atoms. The highest BCUT2D eigenvalue weighted by Crippen LogP contribution is 2.22. The molecule has 1 aromatic rings. The molecule has 8 nitrogen and oxygen atoms in total. The van der Waals surface area contributed by atoms with Crippen LogP contribution in [-0.2, 0) is 4.74 Å². The largest absolute Gasteiger partial charge is 0.444 e. The van der Waals surface area contributed by atoms with Gasteiger partial charge in [-0.15, -0.1) is 0 Å². The second-order valence-electron chi connectivity index (χ2n) is 7.09. The summed E-state index contributed by atoms with van der Waals surface area (Å²) in [5.41, 5.74) is -0.0665. The van der Waals surface area contributed by atoms with E-state index in [2.05, 4.69) is 26.3 Å². The normalized spacial score (nSPS) is 11.6. The number of nitrogens with one attached hydrogen (secondary N) is 4. The number of guanidine groups is 1. The fraction of sp³-hybridized carbons (Fsp3) is 0.526. The van der Waals surface area contributed by atoms with Gasteiger partial charge in [0.05, 0.1) is 10.0 Å². The molecule has 0 atom stereocenters. The third-order valence-electron chi connectivity index (χ3n) is 3.42.